The zero-order chi connectivity index (χ0) is 15.2. The number of nitrogens with one attached hydrogen (secondary N) is 1. The molecule has 112 valence electrons. The number of halogens is 1. The lowest BCUT2D eigenvalue weighted by Gasteiger charge is -2.10. The van der Waals surface area contributed by atoms with Crippen molar-refractivity contribution in [1.82, 2.24) is 15.0 Å². The summed E-state index contributed by atoms with van der Waals surface area (Å²) in [5, 5.41) is 2.86. The molecule has 0 amide bonds. The van der Waals surface area contributed by atoms with Gasteiger partial charge in [-0.3, -0.25) is 0 Å². The average molecular weight is 353 g/mol. The average Bonchev–Trinajstić information content (AvgIpc) is 2.44. The Kier molecular flexibility index (Phi) is 5.32. The number of hydrogen-bond donors (Lipinski definition) is 1. The lowest BCUT2D eigenvalue weighted by atomic mass is 10.2. The third kappa shape index (κ3) is 4.86. The van der Waals surface area contributed by atoms with Crippen molar-refractivity contribution in [1.29, 1.82) is 0 Å². The maximum Gasteiger partial charge on any atom is 0.324 e. The van der Waals surface area contributed by atoms with Crippen molar-refractivity contribution in [3.63, 3.8) is 0 Å². The Morgan fingerprint density at radius 3 is 2.62 bits per heavy atom. The summed E-state index contributed by atoms with van der Waals surface area (Å²) in [6, 6.07) is 8.32. The van der Waals surface area contributed by atoms with Gasteiger partial charge >= 0.3 is 12.0 Å². The van der Waals surface area contributed by atoms with Gasteiger partial charge in [0.15, 0.2) is 0 Å². The molecular weight excluding hydrogens is 336 g/mol. The van der Waals surface area contributed by atoms with E-state index in [2.05, 4.69) is 36.2 Å². The Morgan fingerprint density at radius 2 is 1.95 bits per heavy atom. The van der Waals surface area contributed by atoms with Gasteiger partial charge < -0.3 is 14.8 Å². The molecule has 0 aliphatic carbocycles. The van der Waals surface area contributed by atoms with Crippen LogP contribution in [0.4, 0.5) is 5.95 Å². The van der Waals surface area contributed by atoms with E-state index in [9.17, 15) is 0 Å². The first-order valence-corrected chi connectivity index (χ1v) is 7.34. The van der Waals surface area contributed by atoms with Gasteiger partial charge in [-0.1, -0.05) is 28.1 Å². The third-order valence-corrected chi connectivity index (χ3v) is 2.91. The zero-order valence-corrected chi connectivity index (χ0v) is 13.7. The summed E-state index contributed by atoms with van der Waals surface area (Å²) in [4.78, 5) is 12.4. The quantitative estimate of drug-likeness (QED) is 0.861. The molecule has 0 spiro atoms. The minimum absolute atomic E-state index is 0.0185. The Hall–Kier alpha value is -1.89. The summed E-state index contributed by atoms with van der Waals surface area (Å²) in [7, 11) is 1.73. The van der Waals surface area contributed by atoms with Crippen LogP contribution in [-0.4, -0.2) is 28.1 Å². The Labute approximate surface area is 132 Å². The molecule has 1 aromatic carbocycles. The minimum Gasteiger partial charge on any atom is -0.461 e. The van der Waals surface area contributed by atoms with E-state index >= 15 is 0 Å². The van der Waals surface area contributed by atoms with Crippen molar-refractivity contribution >= 4 is 21.9 Å². The fourth-order valence-electron chi connectivity index (χ4n) is 1.55. The molecule has 21 heavy (non-hydrogen) atoms. The zero-order valence-electron chi connectivity index (χ0n) is 12.1. The van der Waals surface area contributed by atoms with Crippen molar-refractivity contribution in [2.24, 2.45) is 0 Å². The fraction of sp³-hybridized carbons (Fsp3) is 0.357. The smallest absolute Gasteiger partial charge is 0.324 e. The molecule has 2 aromatic rings. The second-order valence-electron chi connectivity index (χ2n) is 4.56. The van der Waals surface area contributed by atoms with Crippen LogP contribution in [0.5, 0.6) is 12.0 Å². The summed E-state index contributed by atoms with van der Waals surface area (Å²) in [6.07, 6.45) is -0.0185. The molecule has 1 aromatic heterocycles. The number of ether oxygens (including phenoxy) is 2. The van der Waals surface area contributed by atoms with Crippen LogP contribution >= 0.6 is 15.9 Å². The number of hydrogen-bond acceptors (Lipinski definition) is 6. The molecule has 1 N–H and O–H groups in total. The van der Waals surface area contributed by atoms with E-state index in [1.165, 1.54) is 0 Å². The SMILES string of the molecule is CNc1nc(OCc2cccc(Br)c2)nc(OC(C)C)n1. The third-order valence-electron chi connectivity index (χ3n) is 2.42. The Bertz CT molecular complexity index is 607. The van der Waals surface area contributed by atoms with Gasteiger partial charge in [-0.15, -0.1) is 4.98 Å². The lowest BCUT2D eigenvalue weighted by molar-refractivity contribution is 0.211. The first kappa shape index (κ1) is 15.5. The molecule has 0 saturated heterocycles. The van der Waals surface area contributed by atoms with Crippen molar-refractivity contribution in [2.45, 2.75) is 26.6 Å². The van der Waals surface area contributed by atoms with Crippen LogP contribution in [0.3, 0.4) is 0 Å². The van der Waals surface area contributed by atoms with E-state index in [-0.39, 0.29) is 18.1 Å². The van der Waals surface area contributed by atoms with E-state index < -0.39 is 0 Å². The molecule has 0 atom stereocenters. The molecule has 0 bridgehead atoms. The standard InChI is InChI=1S/C14H17BrN4O2/c1-9(2)21-14-18-12(16-3)17-13(19-14)20-8-10-5-4-6-11(15)7-10/h4-7,9H,8H2,1-3H3,(H,16,17,18,19). The highest BCUT2D eigenvalue weighted by molar-refractivity contribution is 9.10. The molecular formula is C14H17BrN4O2. The van der Waals surface area contributed by atoms with Crippen LogP contribution in [0.25, 0.3) is 0 Å². The largest absolute Gasteiger partial charge is 0.461 e. The molecule has 7 heteroatoms. The summed E-state index contributed by atoms with van der Waals surface area (Å²) in [5.41, 5.74) is 1.02. The molecule has 0 saturated carbocycles. The van der Waals surface area contributed by atoms with Gasteiger partial charge in [0, 0.05) is 11.5 Å². The number of anilines is 1. The second-order valence-corrected chi connectivity index (χ2v) is 5.48. The topological polar surface area (TPSA) is 69.2 Å². The van der Waals surface area contributed by atoms with Crippen LogP contribution < -0.4 is 14.8 Å². The van der Waals surface area contributed by atoms with Crippen molar-refractivity contribution in [3.05, 3.63) is 34.3 Å². The van der Waals surface area contributed by atoms with Gasteiger partial charge in [0.2, 0.25) is 5.95 Å². The predicted molar refractivity (Wildman–Crippen MR) is 83.6 cm³/mol. The van der Waals surface area contributed by atoms with Gasteiger partial charge in [-0.2, -0.15) is 9.97 Å². The molecule has 0 aliphatic rings. The van der Waals surface area contributed by atoms with Crippen molar-refractivity contribution in [2.75, 3.05) is 12.4 Å². The van der Waals surface area contributed by atoms with Crippen LogP contribution in [0.1, 0.15) is 19.4 Å². The minimum atomic E-state index is -0.0185. The van der Waals surface area contributed by atoms with Gasteiger partial charge in [0.25, 0.3) is 0 Å². The molecule has 0 radical (unpaired) electrons. The van der Waals surface area contributed by atoms with Gasteiger partial charge in [-0.05, 0) is 31.5 Å². The van der Waals surface area contributed by atoms with Crippen LogP contribution in [0.15, 0.2) is 28.7 Å². The predicted octanol–water partition coefficient (Wildman–Crippen LogP) is 3.04. The van der Waals surface area contributed by atoms with E-state index in [4.69, 9.17) is 9.47 Å². The van der Waals surface area contributed by atoms with E-state index in [1.54, 1.807) is 7.05 Å². The fourth-order valence-corrected chi connectivity index (χ4v) is 2.00. The molecule has 2 rings (SSSR count). The summed E-state index contributed by atoms with van der Waals surface area (Å²) >= 11 is 3.42. The lowest BCUT2D eigenvalue weighted by Crippen LogP contribution is -2.11. The van der Waals surface area contributed by atoms with E-state index in [0.29, 0.717) is 12.6 Å². The summed E-state index contributed by atoms with van der Waals surface area (Å²) in [6.45, 7) is 4.18. The maximum atomic E-state index is 5.61. The second kappa shape index (κ2) is 7.21. The van der Waals surface area contributed by atoms with E-state index in [1.807, 2.05) is 38.1 Å². The monoisotopic (exact) mass is 352 g/mol. The number of nitrogens with zero attached hydrogens (tertiary/aromatic N) is 3. The number of rotatable bonds is 6. The van der Waals surface area contributed by atoms with Crippen LogP contribution in [-0.2, 0) is 6.61 Å². The molecule has 0 fully saturated rings. The van der Waals surface area contributed by atoms with Gasteiger partial charge in [-0.25, -0.2) is 0 Å². The number of aromatic nitrogens is 3. The van der Waals surface area contributed by atoms with Crippen molar-refractivity contribution in [3.8, 4) is 12.0 Å². The Morgan fingerprint density at radius 1 is 1.19 bits per heavy atom. The van der Waals surface area contributed by atoms with Gasteiger partial charge in [0.1, 0.15) is 6.61 Å². The molecule has 0 unspecified atom stereocenters. The molecule has 0 aliphatic heterocycles. The highest BCUT2D eigenvalue weighted by Gasteiger charge is 2.09. The highest BCUT2D eigenvalue weighted by Crippen LogP contribution is 2.16. The first-order valence-electron chi connectivity index (χ1n) is 6.54. The normalized spacial score (nSPS) is 10.5. The maximum absolute atomic E-state index is 5.61. The van der Waals surface area contributed by atoms with Crippen LogP contribution in [0.2, 0.25) is 0 Å². The first-order chi connectivity index (χ1) is 10.1. The van der Waals surface area contributed by atoms with E-state index in [0.717, 1.165) is 10.0 Å². The van der Waals surface area contributed by atoms with Crippen LogP contribution in [0, 0.1) is 0 Å². The molecule has 1 heterocycles. The number of benzene rings is 1. The Balaban J connectivity index is 2.11. The highest BCUT2D eigenvalue weighted by atomic mass is 79.9. The summed E-state index contributed by atoms with van der Waals surface area (Å²) in [5.74, 6) is 0.407. The van der Waals surface area contributed by atoms with Gasteiger partial charge in [0.05, 0.1) is 6.10 Å². The van der Waals surface area contributed by atoms with Crippen molar-refractivity contribution < 1.29 is 9.47 Å². The summed E-state index contributed by atoms with van der Waals surface area (Å²) < 4.78 is 12.1. The molecule has 6 nitrogen and oxygen atoms in total.